The first-order valence-electron chi connectivity index (χ1n) is 8.87. The summed E-state index contributed by atoms with van der Waals surface area (Å²) < 4.78 is 24.7. The first kappa shape index (κ1) is 16.6. The first-order chi connectivity index (χ1) is 11.9. The molecular weight excluding hydrogens is 340 g/mol. The number of carbonyl (C=O) groups excluding carboxylic acids is 2. The zero-order valence-corrected chi connectivity index (χ0v) is 14.8. The Hall–Kier alpha value is -1.89. The Morgan fingerprint density at radius 2 is 1.64 bits per heavy atom. The third-order valence-electron chi connectivity index (χ3n) is 5.50. The number of benzene rings is 1. The van der Waals surface area contributed by atoms with Gasteiger partial charge in [0, 0.05) is 6.54 Å². The lowest BCUT2D eigenvalue weighted by Crippen LogP contribution is -2.51. The van der Waals surface area contributed by atoms with Crippen molar-refractivity contribution in [2.24, 2.45) is 11.8 Å². The number of sulfone groups is 1. The number of imide groups is 1. The van der Waals surface area contributed by atoms with Crippen molar-refractivity contribution in [2.45, 2.75) is 42.5 Å². The highest BCUT2D eigenvalue weighted by Crippen LogP contribution is 2.54. The fraction of sp³-hybridized carbons (Fsp3) is 0.556. The molecule has 2 aliphatic carbocycles. The van der Waals surface area contributed by atoms with Crippen LogP contribution in [0.3, 0.4) is 0 Å². The summed E-state index contributed by atoms with van der Waals surface area (Å²) in [5, 5.41) is 2.96. The second-order valence-electron chi connectivity index (χ2n) is 7.29. The molecule has 4 rings (SSSR count). The summed E-state index contributed by atoms with van der Waals surface area (Å²) in [4.78, 5) is 26.8. The van der Waals surface area contributed by atoms with Crippen molar-refractivity contribution in [3.05, 3.63) is 30.3 Å². The van der Waals surface area contributed by atoms with Crippen LogP contribution in [0, 0.1) is 11.8 Å². The van der Waals surface area contributed by atoms with Crippen molar-refractivity contribution in [3.63, 3.8) is 0 Å². The van der Waals surface area contributed by atoms with E-state index in [-0.39, 0.29) is 47.4 Å². The van der Waals surface area contributed by atoms with E-state index in [1.807, 2.05) is 0 Å². The summed E-state index contributed by atoms with van der Waals surface area (Å²) in [6, 6.07) is 7.90. The predicted molar refractivity (Wildman–Crippen MR) is 91.5 cm³/mol. The van der Waals surface area contributed by atoms with Gasteiger partial charge >= 0.3 is 6.03 Å². The monoisotopic (exact) mass is 362 g/mol. The number of hydrogen-bond acceptors (Lipinski definition) is 4. The van der Waals surface area contributed by atoms with Gasteiger partial charge < -0.3 is 5.32 Å². The quantitative estimate of drug-likeness (QED) is 0.752. The van der Waals surface area contributed by atoms with E-state index in [1.165, 1.54) is 4.90 Å². The highest BCUT2D eigenvalue weighted by atomic mass is 32.2. The molecule has 7 heteroatoms. The molecule has 1 N–H and O–H groups in total. The number of carbonyl (C=O) groups is 2. The summed E-state index contributed by atoms with van der Waals surface area (Å²) in [7, 11) is -3.39. The van der Waals surface area contributed by atoms with E-state index in [0.717, 1.165) is 25.7 Å². The standard InChI is InChI=1S/C18H22N2O4S/c21-16-18(13-7-8-13,14-9-10-14)19-17(22)20(16)11-4-12-25(23,24)15-5-2-1-3-6-15/h1-3,5-6,13-14H,4,7-12H2,(H,19,22). The van der Waals surface area contributed by atoms with E-state index in [2.05, 4.69) is 5.32 Å². The molecule has 2 saturated carbocycles. The lowest BCUT2D eigenvalue weighted by atomic mass is 9.87. The third kappa shape index (κ3) is 2.84. The fourth-order valence-corrected chi connectivity index (χ4v) is 5.26. The van der Waals surface area contributed by atoms with Crippen molar-refractivity contribution in [3.8, 4) is 0 Å². The normalized spacial score (nSPS) is 23.0. The van der Waals surface area contributed by atoms with E-state index in [0.29, 0.717) is 0 Å². The van der Waals surface area contributed by atoms with Crippen molar-refractivity contribution in [1.82, 2.24) is 10.2 Å². The Morgan fingerprint density at radius 1 is 1.04 bits per heavy atom. The molecule has 0 aromatic heterocycles. The van der Waals surface area contributed by atoms with Crippen LogP contribution in [0.25, 0.3) is 0 Å². The molecule has 3 fully saturated rings. The second kappa shape index (κ2) is 5.83. The molecule has 0 atom stereocenters. The smallest absolute Gasteiger partial charge is 0.323 e. The highest BCUT2D eigenvalue weighted by molar-refractivity contribution is 7.91. The van der Waals surface area contributed by atoms with Gasteiger partial charge in [-0.2, -0.15) is 0 Å². The Balaban J connectivity index is 1.42. The summed E-state index contributed by atoms with van der Waals surface area (Å²) in [5.41, 5.74) is -0.699. The summed E-state index contributed by atoms with van der Waals surface area (Å²) >= 11 is 0. The van der Waals surface area contributed by atoms with Gasteiger partial charge in [0.15, 0.2) is 9.84 Å². The molecule has 1 saturated heterocycles. The van der Waals surface area contributed by atoms with Crippen molar-refractivity contribution < 1.29 is 18.0 Å². The number of amides is 3. The minimum Gasteiger partial charge on any atom is -0.323 e. The van der Waals surface area contributed by atoms with E-state index in [1.54, 1.807) is 30.3 Å². The molecule has 0 radical (unpaired) electrons. The number of hydrogen-bond donors (Lipinski definition) is 1. The molecule has 1 aromatic rings. The zero-order chi connectivity index (χ0) is 17.7. The van der Waals surface area contributed by atoms with Crippen LogP contribution in [-0.4, -0.2) is 43.1 Å². The zero-order valence-electron chi connectivity index (χ0n) is 14.0. The predicted octanol–water partition coefficient (Wildman–Crippen LogP) is 1.96. The maximum absolute atomic E-state index is 12.9. The Bertz CT molecular complexity index is 786. The maximum Gasteiger partial charge on any atom is 0.325 e. The number of rotatable bonds is 7. The van der Waals surface area contributed by atoms with E-state index in [9.17, 15) is 18.0 Å². The SMILES string of the molecule is O=C1NC(C2CC2)(C2CC2)C(=O)N1CCCS(=O)(=O)c1ccccc1. The van der Waals surface area contributed by atoms with Crippen molar-refractivity contribution in [1.29, 1.82) is 0 Å². The molecule has 25 heavy (non-hydrogen) atoms. The summed E-state index contributed by atoms with van der Waals surface area (Å²) in [6.45, 7) is 0.151. The molecule has 0 bridgehead atoms. The van der Waals surface area contributed by atoms with Crippen LogP contribution < -0.4 is 5.32 Å². The van der Waals surface area contributed by atoms with Crippen molar-refractivity contribution >= 4 is 21.8 Å². The highest BCUT2D eigenvalue weighted by Gasteiger charge is 2.65. The van der Waals surface area contributed by atoms with E-state index in [4.69, 9.17) is 0 Å². The van der Waals surface area contributed by atoms with Gasteiger partial charge in [-0.05, 0) is 56.1 Å². The maximum atomic E-state index is 12.9. The second-order valence-corrected chi connectivity index (χ2v) is 9.40. The number of nitrogens with zero attached hydrogens (tertiary/aromatic N) is 1. The van der Waals surface area contributed by atoms with E-state index < -0.39 is 15.4 Å². The molecule has 0 unspecified atom stereocenters. The Labute approximate surface area is 147 Å². The minimum absolute atomic E-state index is 0.0755. The third-order valence-corrected chi connectivity index (χ3v) is 7.31. The Kier molecular flexibility index (Phi) is 3.86. The molecule has 1 heterocycles. The molecule has 134 valence electrons. The average molecular weight is 362 g/mol. The molecule has 1 aliphatic heterocycles. The molecule has 6 nitrogen and oxygen atoms in total. The van der Waals surface area contributed by atoms with Crippen LogP contribution in [0.1, 0.15) is 32.1 Å². The van der Waals surface area contributed by atoms with Gasteiger partial charge in [-0.1, -0.05) is 18.2 Å². The van der Waals surface area contributed by atoms with Crippen LogP contribution >= 0.6 is 0 Å². The Morgan fingerprint density at radius 3 is 2.20 bits per heavy atom. The van der Waals surface area contributed by atoms with Crippen LogP contribution in [0.2, 0.25) is 0 Å². The van der Waals surface area contributed by atoms with Gasteiger partial charge in [-0.3, -0.25) is 9.69 Å². The van der Waals surface area contributed by atoms with Gasteiger partial charge in [0.25, 0.3) is 5.91 Å². The van der Waals surface area contributed by atoms with Crippen LogP contribution in [-0.2, 0) is 14.6 Å². The van der Waals surface area contributed by atoms with Crippen LogP contribution in [0.4, 0.5) is 4.79 Å². The largest absolute Gasteiger partial charge is 0.325 e. The minimum atomic E-state index is -3.39. The topological polar surface area (TPSA) is 83.6 Å². The van der Waals surface area contributed by atoms with Gasteiger partial charge in [-0.25, -0.2) is 13.2 Å². The summed E-state index contributed by atoms with van der Waals surface area (Å²) in [6.07, 6.45) is 4.19. The van der Waals surface area contributed by atoms with Gasteiger partial charge in [-0.15, -0.1) is 0 Å². The molecule has 0 spiro atoms. The van der Waals surface area contributed by atoms with E-state index >= 15 is 0 Å². The van der Waals surface area contributed by atoms with Crippen LogP contribution in [0.15, 0.2) is 35.2 Å². The first-order valence-corrected chi connectivity index (χ1v) is 10.5. The molecular formula is C18H22N2O4S. The lowest BCUT2D eigenvalue weighted by molar-refractivity contribution is -0.132. The number of urea groups is 1. The van der Waals surface area contributed by atoms with Gasteiger partial charge in [0.1, 0.15) is 5.54 Å². The van der Waals surface area contributed by atoms with Gasteiger partial charge in [0.2, 0.25) is 0 Å². The average Bonchev–Trinajstić information content (AvgIpc) is 3.48. The van der Waals surface area contributed by atoms with Crippen LogP contribution in [0.5, 0.6) is 0 Å². The molecule has 1 aromatic carbocycles. The summed E-state index contributed by atoms with van der Waals surface area (Å²) in [5.74, 6) is 0.303. The lowest BCUT2D eigenvalue weighted by Gasteiger charge is -2.26. The molecule has 3 amide bonds. The van der Waals surface area contributed by atoms with Crippen molar-refractivity contribution in [2.75, 3.05) is 12.3 Å². The fourth-order valence-electron chi connectivity index (χ4n) is 3.94. The van der Waals surface area contributed by atoms with Gasteiger partial charge in [0.05, 0.1) is 10.6 Å². The molecule has 3 aliphatic rings. The number of nitrogens with one attached hydrogen (secondary N) is 1.